The van der Waals surface area contributed by atoms with Crippen LogP contribution < -0.4 is 5.32 Å². The summed E-state index contributed by atoms with van der Waals surface area (Å²) < 4.78 is 7.84. The number of nitrogens with zero attached hydrogens (tertiary/aromatic N) is 2. The van der Waals surface area contributed by atoms with E-state index < -0.39 is 5.60 Å². The van der Waals surface area contributed by atoms with Crippen LogP contribution in [-0.4, -0.2) is 9.74 Å². The molecule has 3 rings (SSSR count). The van der Waals surface area contributed by atoms with E-state index in [9.17, 15) is 5.26 Å². The van der Waals surface area contributed by atoms with E-state index >= 15 is 0 Å². The second-order valence-electron chi connectivity index (χ2n) is 5.78. The highest BCUT2D eigenvalue weighted by molar-refractivity contribution is 7.80. The van der Waals surface area contributed by atoms with Crippen molar-refractivity contribution in [3.63, 3.8) is 0 Å². The van der Waals surface area contributed by atoms with Gasteiger partial charge in [0.1, 0.15) is 17.4 Å². The number of aryl methyl sites for hydroxylation is 1. The fourth-order valence-corrected chi connectivity index (χ4v) is 3.51. The van der Waals surface area contributed by atoms with Gasteiger partial charge in [-0.05, 0) is 48.8 Å². The van der Waals surface area contributed by atoms with Crippen molar-refractivity contribution in [2.24, 2.45) is 7.05 Å². The first-order chi connectivity index (χ1) is 11.0. The standard InChI is InChI=1S/C18H19N3OS/c1-4-18(5-2)14-10-12(6-7-15(14)20-17(23)22-18)13-8-9-21(3)16(13)11-19/h6-10H,4-5H2,1-3H3,(H,20,23). The van der Waals surface area contributed by atoms with Crippen LogP contribution in [0.3, 0.4) is 0 Å². The molecule has 0 bridgehead atoms. The van der Waals surface area contributed by atoms with E-state index in [0.29, 0.717) is 10.9 Å². The lowest BCUT2D eigenvalue weighted by atomic mass is 9.84. The minimum Gasteiger partial charge on any atom is -0.459 e. The second kappa shape index (κ2) is 5.71. The molecule has 118 valence electrons. The third-order valence-electron chi connectivity index (χ3n) is 4.67. The highest BCUT2D eigenvalue weighted by atomic mass is 32.1. The van der Waals surface area contributed by atoms with Gasteiger partial charge in [0, 0.05) is 30.1 Å². The summed E-state index contributed by atoms with van der Waals surface area (Å²) >= 11 is 5.25. The van der Waals surface area contributed by atoms with Gasteiger partial charge in [-0.1, -0.05) is 19.9 Å². The Morgan fingerprint density at radius 3 is 2.70 bits per heavy atom. The summed E-state index contributed by atoms with van der Waals surface area (Å²) in [4.78, 5) is 0. The number of hydrogen-bond donors (Lipinski definition) is 1. The van der Waals surface area contributed by atoms with E-state index in [0.717, 1.165) is 35.2 Å². The molecule has 0 radical (unpaired) electrons. The zero-order chi connectivity index (χ0) is 16.6. The second-order valence-corrected chi connectivity index (χ2v) is 6.15. The van der Waals surface area contributed by atoms with Crippen LogP contribution in [0.2, 0.25) is 0 Å². The molecule has 2 aromatic rings. The molecule has 1 aliphatic rings. The maximum Gasteiger partial charge on any atom is 0.262 e. The molecule has 0 atom stereocenters. The van der Waals surface area contributed by atoms with Crippen LogP contribution in [0.5, 0.6) is 0 Å². The van der Waals surface area contributed by atoms with Crippen molar-refractivity contribution in [2.45, 2.75) is 32.3 Å². The van der Waals surface area contributed by atoms with Crippen LogP contribution in [0.1, 0.15) is 37.9 Å². The molecule has 2 heterocycles. The van der Waals surface area contributed by atoms with Gasteiger partial charge in [-0.15, -0.1) is 0 Å². The van der Waals surface area contributed by atoms with E-state index in [-0.39, 0.29) is 0 Å². The maximum absolute atomic E-state index is 9.39. The normalized spacial score (nSPS) is 15.3. The van der Waals surface area contributed by atoms with Crippen LogP contribution >= 0.6 is 12.2 Å². The number of aromatic nitrogens is 1. The number of thiocarbonyl (C=S) groups is 1. The van der Waals surface area contributed by atoms with Gasteiger partial charge in [0.05, 0.1) is 0 Å². The van der Waals surface area contributed by atoms with Crippen LogP contribution in [0.25, 0.3) is 11.1 Å². The molecule has 23 heavy (non-hydrogen) atoms. The molecule has 0 aliphatic carbocycles. The smallest absolute Gasteiger partial charge is 0.262 e. The maximum atomic E-state index is 9.39. The van der Waals surface area contributed by atoms with Gasteiger partial charge in [-0.25, -0.2) is 0 Å². The molecule has 0 saturated heterocycles. The number of rotatable bonds is 3. The predicted octanol–water partition coefficient (Wildman–Crippen LogP) is 4.31. The lowest BCUT2D eigenvalue weighted by Gasteiger charge is -2.39. The van der Waals surface area contributed by atoms with E-state index in [2.05, 4.69) is 31.3 Å². The summed E-state index contributed by atoms with van der Waals surface area (Å²) in [6.45, 7) is 4.22. The molecule has 0 saturated carbocycles. The van der Waals surface area contributed by atoms with Crippen molar-refractivity contribution in [1.29, 1.82) is 5.26 Å². The van der Waals surface area contributed by atoms with Crippen LogP contribution in [-0.2, 0) is 17.4 Å². The zero-order valence-corrected chi connectivity index (χ0v) is 14.3. The average Bonchev–Trinajstić information content (AvgIpc) is 2.94. The van der Waals surface area contributed by atoms with Crippen LogP contribution in [0.15, 0.2) is 30.5 Å². The first kappa shape index (κ1) is 15.6. The summed E-state index contributed by atoms with van der Waals surface area (Å²) in [5.74, 6) is 0. The molecule has 4 nitrogen and oxygen atoms in total. The Bertz CT molecular complexity index is 812. The molecular formula is C18H19N3OS. The number of hydrogen-bond acceptors (Lipinski definition) is 3. The number of nitrogens with one attached hydrogen (secondary N) is 1. The van der Waals surface area contributed by atoms with Gasteiger partial charge in [0.2, 0.25) is 0 Å². The summed E-state index contributed by atoms with van der Waals surface area (Å²) in [6.07, 6.45) is 3.58. The first-order valence-corrected chi connectivity index (χ1v) is 8.15. The number of nitriles is 1. The highest BCUT2D eigenvalue weighted by Gasteiger charge is 2.38. The fraction of sp³-hybridized carbons (Fsp3) is 0.333. The quantitative estimate of drug-likeness (QED) is 0.855. The third kappa shape index (κ3) is 2.40. The van der Waals surface area contributed by atoms with Gasteiger partial charge in [-0.2, -0.15) is 5.26 Å². The fourth-order valence-electron chi connectivity index (χ4n) is 3.24. The Morgan fingerprint density at radius 2 is 2.04 bits per heavy atom. The number of ether oxygens (including phenoxy) is 1. The molecular weight excluding hydrogens is 306 g/mol. The largest absolute Gasteiger partial charge is 0.459 e. The van der Waals surface area contributed by atoms with E-state index in [1.807, 2.05) is 36.0 Å². The Balaban J connectivity index is 2.18. The predicted molar refractivity (Wildman–Crippen MR) is 95.1 cm³/mol. The number of benzene rings is 1. The zero-order valence-electron chi connectivity index (χ0n) is 13.5. The Labute approximate surface area is 141 Å². The summed E-state index contributed by atoms with van der Waals surface area (Å²) in [5.41, 5.74) is 4.29. The molecule has 1 N–H and O–H groups in total. The number of anilines is 1. The molecule has 0 unspecified atom stereocenters. The monoisotopic (exact) mass is 325 g/mol. The van der Waals surface area contributed by atoms with Crippen LogP contribution in [0, 0.1) is 11.3 Å². The summed E-state index contributed by atoms with van der Waals surface area (Å²) in [6, 6.07) is 10.4. The van der Waals surface area contributed by atoms with Crippen molar-refractivity contribution < 1.29 is 4.74 Å². The average molecular weight is 325 g/mol. The van der Waals surface area contributed by atoms with Gasteiger partial charge < -0.3 is 14.6 Å². The molecule has 1 aromatic heterocycles. The lowest BCUT2D eigenvalue weighted by molar-refractivity contribution is 0.0441. The number of fused-ring (bicyclic) bond motifs is 1. The molecule has 0 spiro atoms. The first-order valence-electron chi connectivity index (χ1n) is 7.75. The Morgan fingerprint density at radius 1 is 1.30 bits per heavy atom. The molecule has 0 fully saturated rings. The van der Waals surface area contributed by atoms with Crippen LogP contribution in [0.4, 0.5) is 5.69 Å². The van der Waals surface area contributed by atoms with Gasteiger partial charge in [-0.3, -0.25) is 0 Å². The highest BCUT2D eigenvalue weighted by Crippen LogP contribution is 2.43. The van der Waals surface area contributed by atoms with Crippen molar-refractivity contribution in [2.75, 3.05) is 5.32 Å². The van der Waals surface area contributed by atoms with Crippen molar-refractivity contribution >= 4 is 23.1 Å². The Kier molecular flexibility index (Phi) is 3.87. The molecule has 0 amide bonds. The summed E-state index contributed by atoms with van der Waals surface area (Å²) in [5, 5.41) is 12.9. The van der Waals surface area contributed by atoms with Gasteiger partial charge in [0.25, 0.3) is 5.17 Å². The SMILES string of the molecule is CCC1(CC)OC(=S)Nc2ccc(-c3ccn(C)c3C#N)cc21. The van der Waals surface area contributed by atoms with Gasteiger partial charge >= 0.3 is 0 Å². The minimum atomic E-state index is -0.407. The third-order valence-corrected chi connectivity index (χ3v) is 4.85. The Hall–Kier alpha value is -2.32. The van der Waals surface area contributed by atoms with E-state index in [4.69, 9.17) is 17.0 Å². The van der Waals surface area contributed by atoms with Crippen molar-refractivity contribution in [1.82, 2.24) is 4.57 Å². The van der Waals surface area contributed by atoms with Gasteiger partial charge in [0.15, 0.2) is 0 Å². The topological polar surface area (TPSA) is 50.0 Å². The lowest BCUT2D eigenvalue weighted by Crippen LogP contribution is -2.38. The molecule has 1 aliphatic heterocycles. The van der Waals surface area contributed by atoms with E-state index in [1.165, 1.54) is 0 Å². The van der Waals surface area contributed by atoms with Crippen molar-refractivity contribution in [3.8, 4) is 17.2 Å². The van der Waals surface area contributed by atoms with E-state index in [1.54, 1.807) is 0 Å². The van der Waals surface area contributed by atoms with Crippen molar-refractivity contribution in [3.05, 3.63) is 41.7 Å². The summed E-state index contributed by atoms with van der Waals surface area (Å²) in [7, 11) is 1.88. The molecule has 1 aromatic carbocycles. The molecule has 5 heteroatoms. The minimum absolute atomic E-state index is 0.407.